The summed E-state index contributed by atoms with van der Waals surface area (Å²) in [7, 11) is -9.24. The third kappa shape index (κ3) is 14.7. The van der Waals surface area contributed by atoms with Crippen LogP contribution in [0.5, 0.6) is 0 Å². The van der Waals surface area contributed by atoms with Gasteiger partial charge in [-0.2, -0.15) is 13.2 Å². The van der Waals surface area contributed by atoms with E-state index in [4.69, 9.17) is 8.23 Å². The fourth-order valence-electron chi connectivity index (χ4n) is 1.55. The largest absolute Gasteiger partial charge is 0.415 e. The lowest BCUT2D eigenvalue weighted by Crippen LogP contribution is -2.54. The Balaban J connectivity index is -0.00000144. The lowest BCUT2D eigenvalue weighted by molar-refractivity contribution is -0.131. The van der Waals surface area contributed by atoms with Gasteiger partial charge in [-0.15, -0.1) is 0 Å². The maximum Gasteiger partial charge on any atom is 0.389 e. The van der Waals surface area contributed by atoms with E-state index in [1.807, 2.05) is 0 Å². The number of hydrogen-bond donors (Lipinski definition) is 2. The predicted octanol–water partition coefficient (Wildman–Crippen LogP) is 3.70. The van der Waals surface area contributed by atoms with Crippen LogP contribution < -0.4 is 0 Å². The Morgan fingerprint density at radius 2 is 1.15 bits per heavy atom. The minimum atomic E-state index is -4.30. The molecule has 0 saturated carbocycles. The van der Waals surface area contributed by atoms with Crippen LogP contribution in [0.2, 0.25) is 38.8 Å². The lowest BCUT2D eigenvalue weighted by Gasteiger charge is -2.36. The molecule has 0 aromatic rings. The van der Waals surface area contributed by atoms with Gasteiger partial charge in [-0.25, -0.2) is 0 Å². The van der Waals surface area contributed by atoms with E-state index >= 15 is 0 Å². The smallest absolute Gasteiger partial charge is 0.389 e. The van der Waals surface area contributed by atoms with Crippen molar-refractivity contribution in [1.29, 1.82) is 0 Å². The molecule has 0 bridgehead atoms. The van der Waals surface area contributed by atoms with Crippen molar-refractivity contribution in [2.24, 2.45) is 0 Å². The van der Waals surface area contributed by atoms with Gasteiger partial charge in [-0.1, -0.05) is 14.9 Å². The molecular weight excluding hydrogens is 325 g/mol. The van der Waals surface area contributed by atoms with Crippen LogP contribution in [0.25, 0.3) is 0 Å². The van der Waals surface area contributed by atoms with E-state index in [9.17, 15) is 22.8 Å². The summed E-state index contributed by atoms with van der Waals surface area (Å²) in [5.74, 6) is 0. The molecule has 0 radical (unpaired) electrons. The molecule has 0 aliphatic heterocycles. The zero-order chi connectivity index (χ0) is 14.8. The monoisotopic (exact) mass is 354 g/mol. The van der Waals surface area contributed by atoms with Crippen LogP contribution in [0.4, 0.5) is 13.2 Å². The second-order valence-corrected chi connectivity index (χ2v) is 15.5. The summed E-state index contributed by atoms with van der Waals surface area (Å²) in [5, 5.41) is 0. The van der Waals surface area contributed by atoms with Crippen LogP contribution in [0.15, 0.2) is 0 Å². The predicted molar refractivity (Wildman–Crippen MR) is 82.1 cm³/mol. The molecule has 126 valence electrons. The van der Waals surface area contributed by atoms with Gasteiger partial charge in [-0.05, 0) is 38.8 Å². The molecule has 0 amide bonds. The second-order valence-electron chi connectivity index (χ2n) is 5.35. The lowest BCUT2D eigenvalue weighted by atomic mass is 10.5. The SMILES string of the molecule is C.C.C[Si](C)(O)O[Si](C)(CCC(F)(F)F)O[Si](C)(C)O. The Kier molecular flexibility index (Phi) is 10.2. The van der Waals surface area contributed by atoms with Gasteiger partial charge in [0, 0.05) is 6.42 Å². The van der Waals surface area contributed by atoms with E-state index in [1.165, 1.54) is 32.7 Å². The van der Waals surface area contributed by atoms with Gasteiger partial charge in [0.2, 0.25) is 0 Å². The first kappa shape index (κ1) is 25.2. The van der Waals surface area contributed by atoms with E-state index < -0.39 is 38.3 Å². The summed E-state index contributed by atoms with van der Waals surface area (Å²) in [5.41, 5.74) is 0. The molecule has 0 atom stereocenters. The van der Waals surface area contributed by atoms with Crippen molar-refractivity contribution in [2.75, 3.05) is 0 Å². The molecular formula is C10H29F3O4Si3. The molecule has 0 spiro atoms. The maximum atomic E-state index is 12.3. The van der Waals surface area contributed by atoms with Gasteiger partial charge in [0.15, 0.2) is 0 Å². The van der Waals surface area contributed by atoms with Crippen molar-refractivity contribution in [3.63, 3.8) is 0 Å². The van der Waals surface area contributed by atoms with Gasteiger partial charge in [0.05, 0.1) is 0 Å². The summed E-state index contributed by atoms with van der Waals surface area (Å²) in [6.07, 6.45) is -5.34. The van der Waals surface area contributed by atoms with Crippen LogP contribution in [0, 0.1) is 0 Å². The molecule has 0 saturated heterocycles. The first-order valence-corrected chi connectivity index (χ1v) is 13.8. The zero-order valence-corrected chi connectivity index (χ0v) is 14.3. The second kappa shape index (κ2) is 8.06. The molecule has 0 aliphatic carbocycles. The van der Waals surface area contributed by atoms with Crippen molar-refractivity contribution in [2.45, 2.75) is 66.2 Å². The Morgan fingerprint density at radius 3 is 1.35 bits per heavy atom. The number of halogens is 3. The quantitative estimate of drug-likeness (QED) is 0.714. The van der Waals surface area contributed by atoms with E-state index in [1.54, 1.807) is 0 Å². The molecule has 10 heteroatoms. The average Bonchev–Trinajstić information content (AvgIpc) is 1.91. The summed E-state index contributed by atoms with van der Waals surface area (Å²) < 4.78 is 47.5. The molecule has 0 aromatic carbocycles. The third-order valence-corrected chi connectivity index (χ3v) is 10.4. The highest BCUT2D eigenvalue weighted by Crippen LogP contribution is 2.30. The topological polar surface area (TPSA) is 58.9 Å². The van der Waals surface area contributed by atoms with Crippen LogP contribution in [-0.2, 0) is 8.23 Å². The van der Waals surface area contributed by atoms with Gasteiger partial charge < -0.3 is 17.8 Å². The van der Waals surface area contributed by atoms with E-state index in [2.05, 4.69) is 0 Å². The molecule has 2 N–H and O–H groups in total. The first-order chi connectivity index (χ1) is 7.62. The number of alkyl halides is 3. The number of rotatable bonds is 6. The van der Waals surface area contributed by atoms with Crippen molar-refractivity contribution in [1.82, 2.24) is 0 Å². The van der Waals surface area contributed by atoms with Crippen molar-refractivity contribution in [3.05, 3.63) is 0 Å². The van der Waals surface area contributed by atoms with E-state index in [0.717, 1.165) is 0 Å². The molecule has 0 aromatic heterocycles. The molecule has 20 heavy (non-hydrogen) atoms. The molecule has 0 unspecified atom stereocenters. The highest BCUT2D eigenvalue weighted by Gasteiger charge is 2.45. The van der Waals surface area contributed by atoms with E-state index in [0.29, 0.717) is 0 Å². The average molecular weight is 355 g/mol. The van der Waals surface area contributed by atoms with Crippen LogP contribution in [0.1, 0.15) is 21.3 Å². The minimum absolute atomic E-state index is 0. The van der Waals surface area contributed by atoms with Gasteiger partial charge in [0.25, 0.3) is 0 Å². The zero-order valence-electron chi connectivity index (χ0n) is 11.3. The molecule has 0 fully saturated rings. The summed E-state index contributed by atoms with van der Waals surface area (Å²) >= 11 is 0. The molecule has 0 rings (SSSR count). The van der Waals surface area contributed by atoms with Crippen LogP contribution in [-0.4, -0.2) is 41.5 Å². The van der Waals surface area contributed by atoms with Gasteiger partial charge in [-0.3, -0.25) is 0 Å². The highest BCUT2D eigenvalue weighted by molar-refractivity contribution is 6.84. The Bertz CT molecular complexity index is 258. The van der Waals surface area contributed by atoms with Gasteiger partial charge in [0.1, 0.15) is 0 Å². The number of hydrogen-bond acceptors (Lipinski definition) is 4. The summed E-state index contributed by atoms with van der Waals surface area (Å²) in [6, 6.07) is -0.329. The molecule has 0 aliphatic rings. The van der Waals surface area contributed by atoms with Gasteiger partial charge >= 0.3 is 31.9 Å². The Labute approximate surface area is 123 Å². The van der Waals surface area contributed by atoms with Crippen molar-refractivity contribution < 1.29 is 31.0 Å². The minimum Gasteiger partial charge on any atom is -0.415 e. The third-order valence-electron chi connectivity index (χ3n) is 1.79. The first-order valence-electron chi connectivity index (χ1n) is 5.54. The van der Waals surface area contributed by atoms with Crippen LogP contribution >= 0.6 is 0 Å². The maximum absolute atomic E-state index is 12.3. The summed E-state index contributed by atoms with van der Waals surface area (Å²) in [4.78, 5) is 19.4. The fraction of sp³-hybridized carbons (Fsp3) is 1.00. The van der Waals surface area contributed by atoms with Crippen LogP contribution in [0.3, 0.4) is 0 Å². The molecule has 0 heterocycles. The highest BCUT2D eigenvalue weighted by atomic mass is 28.5. The van der Waals surface area contributed by atoms with E-state index in [-0.39, 0.29) is 20.9 Å². The van der Waals surface area contributed by atoms with Crippen molar-refractivity contribution >= 4 is 25.7 Å². The molecule has 4 nitrogen and oxygen atoms in total. The van der Waals surface area contributed by atoms with Crippen molar-refractivity contribution in [3.8, 4) is 0 Å². The summed E-state index contributed by atoms with van der Waals surface area (Å²) in [6.45, 7) is 7.29. The Hall–Kier alpha value is 0.281. The Morgan fingerprint density at radius 1 is 0.850 bits per heavy atom. The standard InChI is InChI=1S/C8H21F3O4Si3.2CH4/c1-16(2,12)14-18(5,15-17(3,4)13)7-6-8(9,10)11;;/h12-13H,6-7H2,1-5H3;2*1H4. The normalized spacial score (nSPS) is 13.5. The fourth-order valence-corrected chi connectivity index (χ4v) is 12.1.